The fourth-order valence-electron chi connectivity index (χ4n) is 1.84. The van der Waals surface area contributed by atoms with Crippen LogP contribution in [0.25, 0.3) is 10.2 Å². The Balaban J connectivity index is 1.87. The highest BCUT2D eigenvalue weighted by Crippen LogP contribution is 2.26. The van der Waals surface area contributed by atoms with Crippen LogP contribution in [0.5, 0.6) is 0 Å². The minimum absolute atomic E-state index is 0.298. The molecule has 0 amide bonds. The van der Waals surface area contributed by atoms with E-state index in [9.17, 15) is 0 Å². The number of nitrogens with two attached hydrogens (primary N) is 1. The second-order valence-electron chi connectivity index (χ2n) is 4.05. The predicted molar refractivity (Wildman–Crippen MR) is 83.3 cm³/mol. The van der Waals surface area contributed by atoms with Crippen molar-refractivity contribution in [3.05, 3.63) is 45.7 Å². The van der Waals surface area contributed by atoms with Gasteiger partial charge in [0.1, 0.15) is 10.6 Å². The molecule has 6 heteroatoms. The van der Waals surface area contributed by atoms with E-state index < -0.39 is 0 Å². The van der Waals surface area contributed by atoms with Crippen LogP contribution in [0.2, 0.25) is 0 Å². The smallest absolute Gasteiger partial charge is 0.223 e. The zero-order valence-electron chi connectivity index (χ0n) is 9.93. The highest BCUT2D eigenvalue weighted by Gasteiger charge is 2.07. The van der Waals surface area contributed by atoms with Crippen LogP contribution in [-0.2, 0) is 6.54 Å². The largest absolute Gasteiger partial charge is 0.368 e. The van der Waals surface area contributed by atoms with Crippen LogP contribution in [-0.4, -0.2) is 9.97 Å². The molecule has 0 bridgehead atoms. The van der Waals surface area contributed by atoms with Gasteiger partial charge in [0, 0.05) is 11.0 Å². The van der Waals surface area contributed by atoms with E-state index in [1.807, 2.05) is 23.6 Å². The first-order valence-electron chi connectivity index (χ1n) is 5.71. The fourth-order valence-corrected chi connectivity index (χ4v) is 3.06. The lowest BCUT2D eigenvalue weighted by molar-refractivity contribution is 1.11. The summed E-state index contributed by atoms with van der Waals surface area (Å²) in [5.41, 5.74) is 6.89. The second kappa shape index (κ2) is 5.14. The van der Waals surface area contributed by atoms with Crippen LogP contribution < -0.4 is 11.1 Å². The standard InChI is InChI=1S/C13H11BrN4S/c14-9-3-1-2-8(6-9)7-16-11-10-4-5-19-12(10)18-13(15)17-11/h1-6H,7H2,(H3,15,16,17,18). The summed E-state index contributed by atoms with van der Waals surface area (Å²) in [6.07, 6.45) is 0. The molecular formula is C13H11BrN4S. The van der Waals surface area contributed by atoms with Crippen molar-refractivity contribution in [1.82, 2.24) is 9.97 Å². The van der Waals surface area contributed by atoms with Gasteiger partial charge in [-0.1, -0.05) is 28.1 Å². The molecule has 2 aromatic heterocycles. The summed E-state index contributed by atoms with van der Waals surface area (Å²) in [5.74, 6) is 1.08. The Kier molecular flexibility index (Phi) is 3.35. The van der Waals surface area contributed by atoms with E-state index in [0.29, 0.717) is 12.5 Å². The number of nitrogen functional groups attached to an aromatic ring is 1. The topological polar surface area (TPSA) is 63.8 Å². The first-order valence-corrected chi connectivity index (χ1v) is 7.39. The van der Waals surface area contributed by atoms with Gasteiger partial charge in [-0.05, 0) is 29.1 Å². The molecule has 0 radical (unpaired) electrons. The maximum atomic E-state index is 5.71. The van der Waals surface area contributed by atoms with Gasteiger partial charge in [0.25, 0.3) is 0 Å². The second-order valence-corrected chi connectivity index (χ2v) is 5.86. The summed E-state index contributed by atoms with van der Waals surface area (Å²) >= 11 is 5.02. The predicted octanol–water partition coefficient (Wildman–Crippen LogP) is 3.65. The number of aromatic nitrogens is 2. The molecule has 1 aromatic carbocycles. The quantitative estimate of drug-likeness (QED) is 0.767. The van der Waals surface area contributed by atoms with Gasteiger partial charge >= 0.3 is 0 Å². The van der Waals surface area contributed by atoms with Crippen molar-refractivity contribution in [3.63, 3.8) is 0 Å². The van der Waals surface area contributed by atoms with Crippen molar-refractivity contribution < 1.29 is 0 Å². The lowest BCUT2D eigenvalue weighted by atomic mass is 10.2. The highest BCUT2D eigenvalue weighted by atomic mass is 79.9. The molecule has 2 heterocycles. The van der Waals surface area contributed by atoms with Crippen molar-refractivity contribution in [2.45, 2.75) is 6.54 Å². The van der Waals surface area contributed by atoms with Crippen molar-refractivity contribution in [2.24, 2.45) is 0 Å². The molecule has 0 aliphatic carbocycles. The Morgan fingerprint density at radius 1 is 1.26 bits per heavy atom. The van der Waals surface area contributed by atoms with Gasteiger partial charge in [0.2, 0.25) is 5.95 Å². The molecule has 3 N–H and O–H groups in total. The molecule has 96 valence electrons. The third-order valence-corrected chi connectivity index (χ3v) is 3.99. The van der Waals surface area contributed by atoms with Crippen molar-refractivity contribution in [1.29, 1.82) is 0 Å². The monoisotopic (exact) mass is 334 g/mol. The number of halogens is 1. The molecule has 4 nitrogen and oxygen atoms in total. The minimum atomic E-state index is 0.298. The lowest BCUT2D eigenvalue weighted by Gasteiger charge is -2.07. The molecule has 19 heavy (non-hydrogen) atoms. The number of nitrogens with one attached hydrogen (secondary N) is 1. The number of anilines is 2. The fraction of sp³-hybridized carbons (Fsp3) is 0.0769. The van der Waals surface area contributed by atoms with Gasteiger partial charge in [0.15, 0.2) is 0 Å². The Bertz CT molecular complexity index is 725. The van der Waals surface area contributed by atoms with E-state index in [0.717, 1.165) is 20.5 Å². The van der Waals surface area contributed by atoms with Crippen LogP contribution in [0.1, 0.15) is 5.56 Å². The van der Waals surface area contributed by atoms with Crippen LogP contribution in [0.3, 0.4) is 0 Å². The van der Waals surface area contributed by atoms with Crippen molar-refractivity contribution in [2.75, 3.05) is 11.1 Å². The number of nitrogens with zero attached hydrogens (tertiary/aromatic N) is 2. The molecule has 0 saturated heterocycles. The summed E-state index contributed by atoms with van der Waals surface area (Å²) in [4.78, 5) is 9.37. The summed E-state index contributed by atoms with van der Waals surface area (Å²) in [6, 6.07) is 10.1. The summed E-state index contributed by atoms with van der Waals surface area (Å²) in [5, 5.41) is 6.31. The van der Waals surface area contributed by atoms with E-state index in [2.05, 4.69) is 43.3 Å². The molecular weight excluding hydrogens is 324 g/mol. The maximum absolute atomic E-state index is 5.71. The molecule has 0 atom stereocenters. The van der Waals surface area contributed by atoms with Gasteiger partial charge in [0.05, 0.1) is 5.39 Å². The van der Waals surface area contributed by atoms with E-state index >= 15 is 0 Å². The maximum Gasteiger partial charge on any atom is 0.223 e. The average molecular weight is 335 g/mol. The normalized spacial score (nSPS) is 10.8. The Hall–Kier alpha value is -1.66. The molecule has 3 aromatic rings. The Morgan fingerprint density at radius 2 is 2.16 bits per heavy atom. The van der Waals surface area contributed by atoms with Gasteiger partial charge in [-0.2, -0.15) is 4.98 Å². The summed E-state index contributed by atoms with van der Waals surface area (Å²) in [6.45, 7) is 0.695. The average Bonchev–Trinajstić information content (AvgIpc) is 2.84. The molecule has 0 saturated carbocycles. The first-order chi connectivity index (χ1) is 9.22. The van der Waals surface area contributed by atoms with Crippen LogP contribution in [0, 0.1) is 0 Å². The van der Waals surface area contributed by atoms with Crippen LogP contribution in [0.4, 0.5) is 11.8 Å². The zero-order chi connectivity index (χ0) is 13.2. The SMILES string of the molecule is Nc1nc(NCc2cccc(Br)c2)c2ccsc2n1. The van der Waals surface area contributed by atoms with E-state index in [1.54, 1.807) is 11.3 Å². The molecule has 3 rings (SSSR count). The summed E-state index contributed by atoms with van der Waals surface area (Å²) < 4.78 is 1.06. The molecule has 0 fully saturated rings. The molecule has 0 aliphatic heterocycles. The van der Waals surface area contributed by atoms with Crippen LogP contribution in [0.15, 0.2) is 40.2 Å². The number of hydrogen-bond donors (Lipinski definition) is 2. The Labute approximate surface area is 122 Å². The zero-order valence-corrected chi connectivity index (χ0v) is 12.3. The van der Waals surface area contributed by atoms with E-state index in [1.165, 1.54) is 5.56 Å². The van der Waals surface area contributed by atoms with E-state index in [-0.39, 0.29) is 0 Å². The van der Waals surface area contributed by atoms with E-state index in [4.69, 9.17) is 5.73 Å². The number of fused-ring (bicyclic) bond motifs is 1. The number of rotatable bonds is 3. The van der Waals surface area contributed by atoms with Crippen LogP contribution >= 0.6 is 27.3 Å². The van der Waals surface area contributed by atoms with Crippen molar-refractivity contribution in [3.8, 4) is 0 Å². The van der Waals surface area contributed by atoms with Crippen molar-refractivity contribution >= 4 is 49.2 Å². The third-order valence-electron chi connectivity index (χ3n) is 2.69. The lowest BCUT2D eigenvalue weighted by Crippen LogP contribution is -2.04. The van der Waals surface area contributed by atoms with Gasteiger partial charge in [-0.3, -0.25) is 0 Å². The number of thiophene rings is 1. The summed E-state index contributed by atoms with van der Waals surface area (Å²) in [7, 11) is 0. The first kappa shape index (κ1) is 12.4. The van der Waals surface area contributed by atoms with Gasteiger partial charge in [-0.15, -0.1) is 11.3 Å². The molecule has 0 spiro atoms. The number of hydrogen-bond acceptors (Lipinski definition) is 5. The number of benzene rings is 1. The molecule has 0 aliphatic rings. The van der Waals surface area contributed by atoms with Gasteiger partial charge < -0.3 is 11.1 Å². The molecule has 0 unspecified atom stereocenters. The Morgan fingerprint density at radius 3 is 3.00 bits per heavy atom. The minimum Gasteiger partial charge on any atom is -0.368 e. The third kappa shape index (κ3) is 2.69. The van der Waals surface area contributed by atoms with Gasteiger partial charge in [-0.25, -0.2) is 4.98 Å². The highest BCUT2D eigenvalue weighted by molar-refractivity contribution is 9.10.